The summed E-state index contributed by atoms with van der Waals surface area (Å²) in [5, 5.41) is 23.0. The summed E-state index contributed by atoms with van der Waals surface area (Å²) in [4.78, 5) is 71.4. The highest BCUT2D eigenvalue weighted by Crippen LogP contribution is 2.48. The Bertz CT molecular complexity index is 1470. The normalized spacial score (nSPS) is 18.2. The fourth-order valence-corrected chi connectivity index (χ4v) is 5.41. The van der Waals surface area contributed by atoms with Gasteiger partial charge >= 0.3 is 11.9 Å². The minimum absolute atomic E-state index is 0.00429. The smallest absolute Gasteiger partial charge is 0.356 e. The molecule has 0 spiro atoms. The van der Waals surface area contributed by atoms with Gasteiger partial charge in [-0.25, -0.2) is 9.59 Å². The first-order valence-electron chi connectivity index (χ1n) is 12.4. The SMILES string of the molecule is C[C@@H](OC=O)[C@H]1C(=O)N2C(C(=O)OCc3ccc([N+](=O)[O-])cc3)=C(S/C=C\C(=O)OCc3ccc([N+](=O)[O-])cc3)C[C@H]12. The molecule has 0 aromatic heterocycles. The highest BCUT2D eigenvalue weighted by molar-refractivity contribution is 8.05. The highest BCUT2D eigenvalue weighted by Gasteiger charge is 2.57. The van der Waals surface area contributed by atoms with Crippen LogP contribution in [0.15, 0.2) is 70.6 Å². The zero-order chi connectivity index (χ0) is 30.4. The Morgan fingerprint density at radius 2 is 1.55 bits per heavy atom. The molecule has 15 heteroatoms. The van der Waals surface area contributed by atoms with E-state index in [4.69, 9.17) is 14.2 Å². The molecule has 1 fully saturated rings. The van der Waals surface area contributed by atoms with Crippen LogP contribution in [0, 0.1) is 26.1 Å². The van der Waals surface area contributed by atoms with Crippen LogP contribution in [-0.2, 0) is 46.6 Å². The number of hydrogen-bond acceptors (Lipinski definition) is 12. The molecule has 14 nitrogen and oxygen atoms in total. The fourth-order valence-electron chi connectivity index (χ4n) is 4.50. The molecule has 0 unspecified atom stereocenters. The molecule has 0 aliphatic carbocycles. The van der Waals surface area contributed by atoms with Crippen molar-refractivity contribution in [1.82, 2.24) is 4.90 Å². The molecule has 2 aliphatic heterocycles. The van der Waals surface area contributed by atoms with E-state index in [1.54, 1.807) is 6.92 Å². The minimum Gasteiger partial charge on any atom is -0.464 e. The van der Waals surface area contributed by atoms with E-state index in [0.29, 0.717) is 16.0 Å². The van der Waals surface area contributed by atoms with Crippen LogP contribution < -0.4 is 0 Å². The summed E-state index contributed by atoms with van der Waals surface area (Å²) >= 11 is 1.02. The first kappa shape index (κ1) is 29.9. The molecule has 42 heavy (non-hydrogen) atoms. The average Bonchev–Trinajstić information content (AvgIpc) is 3.29. The molecular formula is C27H23N3O11S. The van der Waals surface area contributed by atoms with Gasteiger partial charge in [0.2, 0.25) is 5.91 Å². The third kappa shape index (κ3) is 6.63. The largest absolute Gasteiger partial charge is 0.464 e. The summed E-state index contributed by atoms with van der Waals surface area (Å²) < 4.78 is 15.5. The van der Waals surface area contributed by atoms with E-state index in [-0.39, 0.29) is 43.2 Å². The lowest BCUT2D eigenvalue weighted by atomic mass is 9.83. The first-order chi connectivity index (χ1) is 20.1. The summed E-state index contributed by atoms with van der Waals surface area (Å²) in [6.45, 7) is 1.51. The molecule has 0 N–H and O–H groups in total. The Labute approximate surface area is 242 Å². The standard InChI is InChI=1S/C27H23N3O11S/c1-16(41-15-31)24-21-12-22(42-11-10-23(32)39-13-17-2-6-19(7-3-17)29(35)36)25(28(21)26(24)33)27(34)40-14-18-4-8-20(9-5-18)30(37)38/h2-11,15-16,21,24H,12-14H2,1H3/b11-10-/t16-,21-,24-/m1/s1. The lowest BCUT2D eigenvalue weighted by Gasteiger charge is -2.45. The van der Waals surface area contributed by atoms with Crippen molar-refractivity contribution in [2.75, 3.05) is 0 Å². The maximum atomic E-state index is 13.1. The monoisotopic (exact) mass is 597 g/mol. The number of ether oxygens (including phenoxy) is 3. The summed E-state index contributed by atoms with van der Waals surface area (Å²) in [6.07, 6.45) is 0.663. The van der Waals surface area contributed by atoms with E-state index in [0.717, 1.165) is 17.8 Å². The quantitative estimate of drug-likeness (QED) is 0.0623. The van der Waals surface area contributed by atoms with Crippen LogP contribution in [0.4, 0.5) is 11.4 Å². The third-order valence-corrected chi connectivity index (χ3v) is 7.51. The van der Waals surface area contributed by atoms with Gasteiger partial charge in [0.25, 0.3) is 17.8 Å². The van der Waals surface area contributed by atoms with Gasteiger partial charge in [-0.3, -0.25) is 29.8 Å². The van der Waals surface area contributed by atoms with Gasteiger partial charge in [0.05, 0.1) is 21.8 Å². The molecule has 0 bridgehead atoms. The van der Waals surface area contributed by atoms with Crippen LogP contribution >= 0.6 is 11.8 Å². The van der Waals surface area contributed by atoms with Gasteiger partial charge in [0, 0.05) is 41.7 Å². The third-order valence-electron chi connectivity index (χ3n) is 6.60. The lowest BCUT2D eigenvalue weighted by Crippen LogP contribution is -2.62. The van der Waals surface area contributed by atoms with Crippen LogP contribution in [0.3, 0.4) is 0 Å². The van der Waals surface area contributed by atoms with E-state index in [1.807, 2.05) is 0 Å². The second-order valence-corrected chi connectivity index (χ2v) is 10.2. The van der Waals surface area contributed by atoms with Crippen molar-refractivity contribution in [3.05, 3.63) is 102 Å². The number of rotatable bonds is 13. The number of hydrogen-bond donors (Lipinski definition) is 0. The molecule has 3 atom stereocenters. The molecule has 2 aliphatic rings. The molecule has 1 amide bonds. The number of nitro benzene ring substituents is 2. The Hall–Kier alpha value is -5.05. The number of esters is 2. The number of thioether (sulfide) groups is 1. The average molecular weight is 598 g/mol. The van der Waals surface area contributed by atoms with Crippen LogP contribution in [0.25, 0.3) is 0 Å². The number of benzene rings is 2. The van der Waals surface area contributed by atoms with E-state index in [2.05, 4.69) is 0 Å². The topological polar surface area (TPSA) is 185 Å². The maximum absolute atomic E-state index is 13.1. The number of nitrogens with zero attached hydrogens (tertiary/aromatic N) is 3. The predicted molar refractivity (Wildman–Crippen MR) is 145 cm³/mol. The van der Waals surface area contributed by atoms with E-state index in [1.165, 1.54) is 58.8 Å². The van der Waals surface area contributed by atoms with Crippen LogP contribution in [0.1, 0.15) is 24.5 Å². The molecular weight excluding hydrogens is 574 g/mol. The van der Waals surface area contributed by atoms with Gasteiger partial charge in [-0.1, -0.05) is 11.8 Å². The zero-order valence-corrected chi connectivity index (χ0v) is 22.8. The Morgan fingerprint density at radius 1 is 1.00 bits per heavy atom. The Balaban J connectivity index is 1.42. The van der Waals surface area contributed by atoms with Crippen LogP contribution in [0.5, 0.6) is 0 Å². The molecule has 2 aromatic carbocycles. The maximum Gasteiger partial charge on any atom is 0.356 e. The Morgan fingerprint density at radius 3 is 2.07 bits per heavy atom. The molecule has 4 rings (SSSR count). The summed E-state index contributed by atoms with van der Waals surface area (Å²) in [6, 6.07) is 10.5. The van der Waals surface area contributed by atoms with Gasteiger partial charge in [-0.05, 0) is 47.7 Å². The van der Waals surface area contributed by atoms with Crippen molar-refractivity contribution in [2.45, 2.75) is 38.7 Å². The van der Waals surface area contributed by atoms with Gasteiger partial charge in [-0.2, -0.15) is 0 Å². The number of carbonyl (C=O) groups is 4. The number of β-lactam (4-membered cyclic amide) rings is 1. The summed E-state index contributed by atoms with van der Waals surface area (Å²) in [7, 11) is 0. The predicted octanol–water partition coefficient (Wildman–Crippen LogP) is 3.54. The summed E-state index contributed by atoms with van der Waals surface area (Å²) in [5.41, 5.74) is 0.829. The summed E-state index contributed by atoms with van der Waals surface area (Å²) in [5.74, 6) is -2.59. The van der Waals surface area contributed by atoms with Gasteiger partial charge < -0.3 is 19.1 Å². The number of nitro groups is 2. The van der Waals surface area contributed by atoms with Crippen LogP contribution in [0.2, 0.25) is 0 Å². The molecule has 2 heterocycles. The van der Waals surface area contributed by atoms with E-state index in [9.17, 15) is 39.4 Å². The van der Waals surface area contributed by atoms with Crippen molar-refractivity contribution >= 4 is 47.5 Å². The fraction of sp³-hybridized carbons (Fsp3) is 0.259. The van der Waals surface area contributed by atoms with Crippen molar-refractivity contribution in [1.29, 1.82) is 0 Å². The van der Waals surface area contributed by atoms with E-state index >= 15 is 0 Å². The second kappa shape index (κ2) is 13.1. The second-order valence-electron chi connectivity index (χ2n) is 9.17. The molecule has 0 radical (unpaired) electrons. The van der Waals surface area contributed by atoms with E-state index < -0.39 is 45.8 Å². The van der Waals surface area contributed by atoms with Crippen LogP contribution in [-0.4, -0.2) is 51.2 Å². The van der Waals surface area contributed by atoms with Gasteiger partial charge in [0.1, 0.15) is 25.0 Å². The molecule has 0 saturated carbocycles. The number of amides is 1. The minimum atomic E-state index is -0.803. The van der Waals surface area contributed by atoms with Crippen molar-refractivity contribution in [3.8, 4) is 0 Å². The molecule has 218 valence electrons. The van der Waals surface area contributed by atoms with Crippen molar-refractivity contribution in [2.24, 2.45) is 5.92 Å². The lowest BCUT2D eigenvalue weighted by molar-refractivity contribution is -0.385. The molecule has 2 aromatic rings. The Kier molecular flexibility index (Phi) is 9.32. The van der Waals surface area contributed by atoms with Crippen molar-refractivity contribution in [3.63, 3.8) is 0 Å². The zero-order valence-electron chi connectivity index (χ0n) is 21.9. The van der Waals surface area contributed by atoms with Gasteiger partial charge in [-0.15, -0.1) is 0 Å². The first-order valence-corrected chi connectivity index (χ1v) is 13.3. The number of non-ortho nitro benzene ring substituents is 2. The highest BCUT2D eigenvalue weighted by atomic mass is 32.2. The number of carbonyl (C=O) groups excluding carboxylic acids is 4. The van der Waals surface area contributed by atoms with Crippen molar-refractivity contribution < 1.29 is 43.2 Å². The number of fused-ring (bicyclic) bond motifs is 1. The molecule has 1 saturated heterocycles. The van der Waals surface area contributed by atoms with Gasteiger partial charge in [0.15, 0.2) is 0 Å².